The van der Waals surface area contributed by atoms with Gasteiger partial charge in [-0.05, 0) is 57.8 Å². The number of para-hydroxylation sites is 2. The molecule has 6 rings (SSSR count). The summed E-state index contributed by atoms with van der Waals surface area (Å²) in [5, 5.41) is 0. The molecular weight excluding hydrogens is 482 g/mol. The Kier molecular flexibility index (Phi) is 6.48. The summed E-state index contributed by atoms with van der Waals surface area (Å²) in [5.74, 6) is 3.53. The largest absolute Gasteiger partial charge is 0.378 e. The van der Waals surface area contributed by atoms with Crippen LogP contribution in [0.25, 0.3) is 28.1 Å². The second-order valence-corrected chi connectivity index (χ2v) is 10.5. The molecule has 0 saturated carbocycles. The van der Waals surface area contributed by atoms with E-state index in [0.717, 1.165) is 85.1 Å². The van der Waals surface area contributed by atoms with Gasteiger partial charge in [-0.2, -0.15) is 9.97 Å². The van der Waals surface area contributed by atoms with Crippen molar-refractivity contribution in [2.24, 2.45) is 18.7 Å². The van der Waals surface area contributed by atoms with Gasteiger partial charge in [0.1, 0.15) is 11.6 Å². The van der Waals surface area contributed by atoms with Gasteiger partial charge in [-0.1, -0.05) is 12.1 Å². The maximum atomic E-state index is 11.6. The van der Waals surface area contributed by atoms with Crippen molar-refractivity contribution >= 4 is 33.9 Å². The van der Waals surface area contributed by atoms with Crippen molar-refractivity contribution < 1.29 is 9.53 Å². The zero-order valence-corrected chi connectivity index (χ0v) is 22.3. The van der Waals surface area contributed by atoms with Gasteiger partial charge in [-0.25, -0.2) is 9.97 Å². The Bertz CT molecular complexity index is 1480. The Morgan fingerprint density at radius 1 is 1.08 bits per heavy atom. The highest BCUT2D eigenvalue weighted by atomic mass is 16.5. The minimum Gasteiger partial charge on any atom is -0.378 e. The number of likely N-dealkylation sites (tertiary alicyclic amines) is 1. The summed E-state index contributed by atoms with van der Waals surface area (Å²) in [6.07, 6.45) is 2.87. The Hall–Kier alpha value is -3.57. The first-order valence-electron chi connectivity index (χ1n) is 13.4. The van der Waals surface area contributed by atoms with Crippen LogP contribution in [0.4, 0.5) is 5.82 Å². The molecule has 1 amide bonds. The minimum absolute atomic E-state index is 0.223. The van der Waals surface area contributed by atoms with E-state index in [2.05, 4.69) is 20.4 Å². The molecule has 11 nitrogen and oxygen atoms in total. The molecule has 1 atom stereocenters. The van der Waals surface area contributed by atoms with Gasteiger partial charge in [-0.3, -0.25) is 14.3 Å². The van der Waals surface area contributed by atoms with Crippen LogP contribution in [0.5, 0.6) is 0 Å². The molecule has 0 radical (unpaired) electrons. The summed E-state index contributed by atoms with van der Waals surface area (Å²) < 4.78 is 9.77. The van der Waals surface area contributed by atoms with Crippen LogP contribution in [0.3, 0.4) is 0 Å². The Labute approximate surface area is 221 Å². The molecule has 11 heteroatoms. The normalized spacial score (nSPS) is 18.4. The van der Waals surface area contributed by atoms with E-state index in [1.165, 1.54) is 0 Å². The van der Waals surface area contributed by atoms with Gasteiger partial charge in [0, 0.05) is 26.6 Å². The predicted octanol–water partition coefficient (Wildman–Crippen LogP) is 1.98. The van der Waals surface area contributed by atoms with Crippen molar-refractivity contribution in [1.29, 1.82) is 0 Å². The Morgan fingerprint density at radius 2 is 1.82 bits per heavy atom. The number of hydrogen-bond acceptors (Lipinski definition) is 8. The number of benzene rings is 1. The number of rotatable bonds is 6. The SMILES string of the molecule is Cc1nc2ccccc2n1-c1nc(N2CCOCC2)c2nc(CC3CCN([C@@H](C)C(N)=O)CC3)n(C)c2n1. The number of nitrogens with zero attached hydrogens (tertiary/aromatic N) is 8. The molecule has 2 N–H and O–H groups in total. The highest BCUT2D eigenvalue weighted by Crippen LogP contribution is 2.30. The van der Waals surface area contributed by atoms with E-state index in [4.69, 9.17) is 30.4 Å². The number of morpholine rings is 1. The lowest BCUT2D eigenvalue weighted by Gasteiger charge is -2.34. The zero-order chi connectivity index (χ0) is 26.4. The summed E-state index contributed by atoms with van der Waals surface area (Å²) in [5.41, 5.74) is 9.08. The molecule has 38 heavy (non-hydrogen) atoms. The topological polar surface area (TPSA) is 120 Å². The molecule has 2 aliphatic rings. The molecule has 4 aromatic rings. The predicted molar refractivity (Wildman–Crippen MR) is 145 cm³/mol. The number of fused-ring (bicyclic) bond motifs is 2. The fourth-order valence-electron chi connectivity index (χ4n) is 5.74. The molecule has 0 aliphatic carbocycles. The maximum Gasteiger partial charge on any atom is 0.239 e. The third-order valence-electron chi connectivity index (χ3n) is 8.10. The van der Waals surface area contributed by atoms with E-state index in [1.54, 1.807) is 0 Å². The van der Waals surface area contributed by atoms with Gasteiger partial charge in [0.2, 0.25) is 11.9 Å². The van der Waals surface area contributed by atoms with Crippen LogP contribution in [0.2, 0.25) is 0 Å². The molecule has 0 bridgehead atoms. The number of anilines is 1. The minimum atomic E-state index is -0.260. The molecule has 200 valence electrons. The number of nitrogens with two attached hydrogens (primary N) is 1. The highest BCUT2D eigenvalue weighted by Gasteiger charge is 2.28. The van der Waals surface area contributed by atoms with Crippen LogP contribution < -0.4 is 10.6 Å². The first-order chi connectivity index (χ1) is 18.4. The van der Waals surface area contributed by atoms with Gasteiger partial charge < -0.3 is 19.9 Å². The molecule has 0 unspecified atom stereocenters. The lowest BCUT2D eigenvalue weighted by molar-refractivity contribution is -0.123. The molecule has 0 spiro atoms. The summed E-state index contributed by atoms with van der Waals surface area (Å²) in [6.45, 7) is 8.47. The van der Waals surface area contributed by atoms with Crippen molar-refractivity contribution in [2.45, 2.75) is 39.2 Å². The van der Waals surface area contributed by atoms with E-state index >= 15 is 0 Å². The van der Waals surface area contributed by atoms with Gasteiger partial charge in [-0.15, -0.1) is 0 Å². The smallest absolute Gasteiger partial charge is 0.239 e. The van der Waals surface area contributed by atoms with Gasteiger partial charge in [0.05, 0.1) is 30.3 Å². The van der Waals surface area contributed by atoms with Gasteiger partial charge >= 0.3 is 0 Å². The van der Waals surface area contributed by atoms with Crippen LogP contribution in [0.15, 0.2) is 24.3 Å². The fraction of sp³-hybridized carbons (Fsp3) is 0.519. The van der Waals surface area contributed by atoms with E-state index in [0.29, 0.717) is 25.1 Å². The van der Waals surface area contributed by atoms with Crippen LogP contribution in [0, 0.1) is 12.8 Å². The first kappa shape index (κ1) is 24.7. The summed E-state index contributed by atoms with van der Waals surface area (Å²) in [6, 6.07) is 7.85. The van der Waals surface area contributed by atoms with E-state index in [-0.39, 0.29) is 11.9 Å². The van der Waals surface area contributed by atoms with E-state index in [1.807, 2.05) is 43.7 Å². The number of piperidine rings is 1. The number of ether oxygens (including phenoxy) is 1. The zero-order valence-electron chi connectivity index (χ0n) is 22.3. The van der Waals surface area contributed by atoms with Crippen LogP contribution in [-0.2, 0) is 23.0 Å². The molecule has 2 saturated heterocycles. The molecular formula is C27H35N9O2. The number of carbonyl (C=O) groups is 1. The van der Waals surface area contributed by atoms with Crippen molar-refractivity contribution in [3.8, 4) is 5.95 Å². The third-order valence-corrected chi connectivity index (χ3v) is 8.10. The van der Waals surface area contributed by atoms with Crippen molar-refractivity contribution in [3.05, 3.63) is 35.9 Å². The Balaban J connectivity index is 1.38. The molecule has 3 aromatic heterocycles. The van der Waals surface area contributed by atoms with Gasteiger partial charge in [0.15, 0.2) is 17.0 Å². The van der Waals surface area contributed by atoms with Crippen LogP contribution in [-0.4, -0.2) is 85.3 Å². The lowest BCUT2D eigenvalue weighted by Crippen LogP contribution is -2.46. The number of primary amides is 1. The Morgan fingerprint density at radius 3 is 2.55 bits per heavy atom. The van der Waals surface area contributed by atoms with E-state index in [9.17, 15) is 4.79 Å². The fourth-order valence-corrected chi connectivity index (χ4v) is 5.74. The number of hydrogen-bond donors (Lipinski definition) is 1. The third kappa shape index (κ3) is 4.39. The molecule has 2 fully saturated rings. The van der Waals surface area contributed by atoms with Crippen LogP contribution >= 0.6 is 0 Å². The van der Waals surface area contributed by atoms with E-state index < -0.39 is 0 Å². The molecule has 1 aromatic carbocycles. The maximum absolute atomic E-state index is 11.6. The number of amides is 1. The first-order valence-corrected chi connectivity index (χ1v) is 13.4. The quantitative estimate of drug-likeness (QED) is 0.412. The average Bonchev–Trinajstić information content (AvgIpc) is 3.44. The van der Waals surface area contributed by atoms with Crippen molar-refractivity contribution in [3.63, 3.8) is 0 Å². The highest BCUT2D eigenvalue weighted by molar-refractivity contribution is 5.86. The average molecular weight is 518 g/mol. The summed E-state index contributed by atoms with van der Waals surface area (Å²) in [4.78, 5) is 36.0. The molecule has 2 aliphatic heterocycles. The number of aryl methyl sites for hydroxylation is 2. The number of aromatic nitrogens is 6. The monoisotopic (exact) mass is 517 g/mol. The lowest BCUT2D eigenvalue weighted by atomic mass is 9.92. The van der Waals surface area contributed by atoms with Crippen LogP contribution in [0.1, 0.15) is 31.4 Å². The molecule has 5 heterocycles. The number of carbonyl (C=O) groups excluding carboxylic acids is 1. The van der Waals surface area contributed by atoms with Gasteiger partial charge in [0.25, 0.3) is 0 Å². The van der Waals surface area contributed by atoms with Crippen molar-refractivity contribution in [2.75, 3.05) is 44.3 Å². The second-order valence-electron chi connectivity index (χ2n) is 10.5. The summed E-state index contributed by atoms with van der Waals surface area (Å²) in [7, 11) is 2.05. The number of imidazole rings is 2. The standard InChI is InChI=1S/C27H35N9O2/c1-17(24(28)37)34-10-8-19(9-11-34)16-22-30-23-25(33(22)3)31-27(32-26(23)35-12-14-38-15-13-35)36-18(2)29-20-6-4-5-7-21(20)36/h4-7,17,19H,8-16H2,1-3H3,(H2,28,37)/t17-/m0/s1. The second kappa shape index (κ2) is 9.95. The van der Waals surface area contributed by atoms with Crippen molar-refractivity contribution in [1.82, 2.24) is 34.0 Å². The summed E-state index contributed by atoms with van der Waals surface area (Å²) >= 11 is 0.